The van der Waals surface area contributed by atoms with Gasteiger partial charge < -0.3 is 10.5 Å². The predicted molar refractivity (Wildman–Crippen MR) is 74.8 cm³/mol. The Kier molecular flexibility index (Phi) is 4.40. The molecule has 2 N–H and O–H groups in total. The molecule has 4 heteroatoms. The third-order valence-electron chi connectivity index (χ3n) is 2.79. The van der Waals surface area contributed by atoms with Gasteiger partial charge in [-0.15, -0.1) is 0 Å². The van der Waals surface area contributed by atoms with Crippen LogP contribution in [0.3, 0.4) is 0 Å². The van der Waals surface area contributed by atoms with Crippen LogP contribution in [0.2, 0.25) is 5.02 Å². The number of hydrogen-bond acceptors (Lipinski definition) is 2. The highest BCUT2D eigenvalue weighted by atomic mass is 35.5. The van der Waals surface area contributed by atoms with E-state index in [4.69, 9.17) is 22.1 Å². The van der Waals surface area contributed by atoms with Crippen LogP contribution in [0.4, 0.5) is 4.39 Å². The normalized spacial score (nSPS) is 10.5. The number of ether oxygens (including phenoxy) is 1. The van der Waals surface area contributed by atoms with E-state index < -0.39 is 0 Å². The molecule has 100 valence electrons. The average Bonchev–Trinajstić information content (AvgIpc) is 2.39. The molecule has 0 radical (unpaired) electrons. The molecule has 0 atom stereocenters. The zero-order chi connectivity index (χ0) is 13.8. The van der Waals surface area contributed by atoms with Crippen molar-refractivity contribution >= 4 is 11.6 Å². The second kappa shape index (κ2) is 6.04. The van der Waals surface area contributed by atoms with Gasteiger partial charge in [-0.05, 0) is 53.9 Å². The Morgan fingerprint density at radius 3 is 2.58 bits per heavy atom. The second-order valence-corrected chi connectivity index (χ2v) is 4.78. The summed E-state index contributed by atoms with van der Waals surface area (Å²) >= 11 is 5.94. The van der Waals surface area contributed by atoms with Crippen LogP contribution in [0, 0.1) is 12.7 Å². The van der Waals surface area contributed by atoms with Crippen LogP contribution in [0.25, 0.3) is 0 Å². The van der Waals surface area contributed by atoms with E-state index in [9.17, 15) is 4.39 Å². The number of hydrogen-bond donors (Lipinski definition) is 1. The summed E-state index contributed by atoms with van der Waals surface area (Å²) in [5.74, 6) is 0.411. The first-order valence-corrected chi connectivity index (χ1v) is 6.33. The zero-order valence-electron chi connectivity index (χ0n) is 10.6. The molecule has 0 saturated heterocycles. The fraction of sp³-hybridized carbons (Fsp3) is 0.200. The van der Waals surface area contributed by atoms with Crippen LogP contribution in [-0.4, -0.2) is 0 Å². The third-order valence-corrected chi connectivity index (χ3v) is 3.21. The molecule has 0 aliphatic heterocycles. The van der Waals surface area contributed by atoms with Gasteiger partial charge in [0.15, 0.2) is 0 Å². The first kappa shape index (κ1) is 13.8. The summed E-state index contributed by atoms with van der Waals surface area (Å²) in [6.45, 7) is 2.51. The molecule has 0 spiro atoms. The van der Waals surface area contributed by atoms with Gasteiger partial charge in [-0.2, -0.15) is 0 Å². The molecule has 2 rings (SSSR count). The summed E-state index contributed by atoms with van der Waals surface area (Å²) in [7, 11) is 0. The number of benzene rings is 2. The van der Waals surface area contributed by atoms with Crippen molar-refractivity contribution in [2.75, 3.05) is 0 Å². The molecule has 0 aliphatic rings. The summed E-state index contributed by atoms with van der Waals surface area (Å²) in [6.07, 6.45) is 0. The molecule has 0 fully saturated rings. The fourth-order valence-corrected chi connectivity index (χ4v) is 1.91. The maximum absolute atomic E-state index is 13.3. The molecule has 2 aromatic rings. The van der Waals surface area contributed by atoms with Crippen molar-refractivity contribution in [2.45, 2.75) is 20.1 Å². The predicted octanol–water partition coefficient (Wildman–Crippen LogP) is 3.83. The summed E-state index contributed by atoms with van der Waals surface area (Å²) < 4.78 is 18.9. The topological polar surface area (TPSA) is 35.2 Å². The minimum Gasteiger partial charge on any atom is -0.489 e. The van der Waals surface area contributed by atoms with Gasteiger partial charge >= 0.3 is 0 Å². The van der Waals surface area contributed by atoms with Crippen molar-refractivity contribution in [2.24, 2.45) is 5.73 Å². The third kappa shape index (κ3) is 3.69. The van der Waals surface area contributed by atoms with E-state index in [0.29, 0.717) is 23.9 Å². The smallest absolute Gasteiger partial charge is 0.123 e. The maximum Gasteiger partial charge on any atom is 0.123 e. The lowest BCUT2D eigenvalue weighted by molar-refractivity contribution is 0.305. The number of rotatable bonds is 4. The van der Waals surface area contributed by atoms with Crippen LogP contribution < -0.4 is 10.5 Å². The molecule has 0 aliphatic carbocycles. The Morgan fingerprint density at radius 2 is 1.89 bits per heavy atom. The van der Waals surface area contributed by atoms with E-state index in [-0.39, 0.29) is 5.82 Å². The molecule has 0 unspecified atom stereocenters. The highest BCUT2D eigenvalue weighted by molar-refractivity contribution is 6.31. The Hall–Kier alpha value is -1.58. The first-order chi connectivity index (χ1) is 9.08. The summed E-state index contributed by atoms with van der Waals surface area (Å²) in [5, 5.41) is 0.698. The fourth-order valence-electron chi connectivity index (χ4n) is 1.79. The van der Waals surface area contributed by atoms with Crippen molar-refractivity contribution < 1.29 is 9.13 Å². The van der Waals surface area contributed by atoms with Gasteiger partial charge in [-0.25, -0.2) is 4.39 Å². The standard InChI is InChI=1S/C15H15ClFNO/c1-10-4-14(2-3-15(10)16)19-9-12-5-11(8-18)6-13(17)7-12/h2-7H,8-9,18H2,1H3. The second-order valence-electron chi connectivity index (χ2n) is 4.37. The van der Waals surface area contributed by atoms with Crippen molar-refractivity contribution in [3.8, 4) is 5.75 Å². The Labute approximate surface area is 117 Å². The van der Waals surface area contributed by atoms with Crippen LogP contribution in [0.1, 0.15) is 16.7 Å². The van der Waals surface area contributed by atoms with Crippen molar-refractivity contribution in [3.63, 3.8) is 0 Å². The van der Waals surface area contributed by atoms with Crippen molar-refractivity contribution in [3.05, 3.63) is 63.9 Å². The molecule has 2 nitrogen and oxygen atoms in total. The summed E-state index contributed by atoms with van der Waals surface area (Å²) in [6, 6.07) is 10.1. The van der Waals surface area contributed by atoms with Crippen LogP contribution in [0.5, 0.6) is 5.75 Å². The lowest BCUT2D eigenvalue weighted by atomic mass is 10.1. The lowest BCUT2D eigenvalue weighted by Gasteiger charge is -2.09. The van der Waals surface area contributed by atoms with Crippen LogP contribution >= 0.6 is 11.6 Å². The minimum absolute atomic E-state index is 0.297. The Morgan fingerprint density at radius 1 is 1.16 bits per heavy atom. The number of nitrogens with two attached hydrogens (primary N) is 1. The maximum atomic E-state index is 13.3. The average molecular weight is 280 g/mol. The molecule has 0 bridgehead atoms. The van der Waals surface area contributed by atoms with Crippen molar-refractivity contribution in [1.82, 2.24) is 0 Å². The quantitative estimate of drug-likeness (QED) is 0.923. The van der Waals surface area contributed by atoms with Crippen LogP contribution in [0.15, 0.2) is 36.4 Å². The molecule has 0 aromatic heterocycles. The lowest BCUT2D eigenvalue weighted by Crippen LogP contribution is -2.01. The number of aryl methyl sites for hydroxylation is 1. The van der Waals surface area contributed by atoms with E-state index in [1.165, 1.54) is 12.1 Å². The minimum atomic E-state index is -0.297. The molecular weight excluding hydrogens is 265 g/mol. The van der Waals surface area contributed by atoms with E-state index in [2.05, 4.69) is 0 Å². The molecule has 0 heterocycles. The van der Waals surface area contributed by atoms with Gasteiger partial charge in [0, 0.05) is 11.6 Å². The monoisotopic (exact) mass is 279 g/mol. The molecule has 19 heavy (non-hydrogen) atoms. The molecule has 2 aromatic carbocycles. The largest absolute Gasteiger partial charge is 0.489 e. The van der Waals surface area contributed by atoms with Gasteiger partial charge in [-0.1, -0.05) is 17.7 Å². The van der Waals surface area contributed by atoms with Gasteiger partial charge in [0.25, 0.3) is 0 Å². The van der Waals surface area contributed by atoms with Gasteiger partial charge in [0.1, 0.15) is 18.2 Å². The molecule has 0 amide bonds. The van der Waals surface area contributed by atoms with E-state index in [0.717, 1.165) is 16.7 Å². The molecular formula is C15H15ClFNO. The van der Waals surface area contributed by atoms with Gasteiger partial charge in [0.05, 0.1) is 0 Å². The Balaban J connectivity index is 2.09. The molecule has 0 saturated carbocycles. The van der Waals surface area contributed by atoms with Crippen molar-refractivity contribution in [1.29, 1.82) is 0 Å². The van der Waals surface area contributed by atoms with Crippen LogP contribution in [-0.2, 0) is 13.2 Å². The SMILES string of the molecule is Cc1cc(OCc2cc(F)cc(CN)c2)ccc1Cl. The Bertz CT molecular complexity index is 586. The van der Waals surface area contributed by atoms with Gasteiger partial charge in [0.2, 0.25) is 0 Å². The number of halogens is 2. The highest BCUT2D eigenvalue weighted by Crippen LogP contribution is 2.22. The van der Waals surface area contributed by atoms with E-state index in [1.54, 1.807) is 12.1 Å². The summed E-state index contributed by atoms with van der Waals surface area (Å²) in [4.78, 5) is 0. The van der Waals surface area contributed by atoms with E-state index in [1.807, 2.05) is 19.1 Å². The van der Waals surface area contributed by atoms with Gasteiger partial charge in [-0.3, -0.25) is 0 Å². The highest BCUT2D eigenvalue weighted by Gasteiger charge is 2.03. The van der Waals surface area contributed by atoms with E-state index >= 15 is 0 Å². The summed E-state index contributed by atoms with van der Waals surface area (Å²) in [5.41, 5.74) is 7.97. The zero-order valence-corrected chi connectivity index (χ0v) is 11.4. The first-order valence-electron chi connectivity index (χ1n) is 5.96.